The minimum atomic E-state index is -3.10. The topological polar surface area (TPSA) is 69.7 Å². The van der Waals surface area contributed by atoms with Gasteiger partial charge in [-0.3, -0.25) is 9.69 Å². The smallest absolute Gasteiger partial charge is 0.234 e. The van der Waals surface area contributed by atoms with E-state index >= 15 is 0 Å². The molecule has 1 atom stereocenters. The first-order chi connectivity index (χ1) is 9.82. The van der Waals surface area contributed by atoms with Crippen molar-refractivity contribution in [2.45, 2.75) is 45.6 Å². The Labute approximate surface area is 128 Å². The Morgan fingerprint density at radius 2 is 1.81 bits per heavy atom. The summed E-state index contributed by atoms with van der Waals surface area (Å²) in [5.74, 6) is 0.0341. The zero-order chi connectivity index (χ0) is 15.9. The molecule has 0 spiro atoms. The Balaban J connectivity index is 2.24. The molecule has 124 valence electrons. The second-order valence-electron chi connectivity index (χ2n) is 5.90. The van der Waals surface area contributed by atoms with Crippen molar-refractivity contribution < 1.29 is 13.2 Å². The van der Waals surface area contributed by atoms with Gasteiger partial charge in [0.2, 0.25) is 15.9 Å². The normalized spacial score (nSPS) is 19.4. The summed E-state index contributed by atoms with van der Waals surface area (Å²) in [5.41, 5.74) is 0. The van der Waals surface area contributed by atoms with Gasteiger partial charge in [0.25, 0.3) is 0 Å². The predicted octanol–water partition coefficient (Wildman–Crippen LogP) is 0.649. The van der Waals surface area contributed by atoms with E-state index in [0.717, 1.165) is 12.8 Å². The summed E-state index contributed by atoms with van der Waals surface area (Å²) in [4.78, 5) is 14.0. The number of unbranched alkanes of at least 4 members (excludes halogenated alkanes) is 2. The molecular formula is C14H29N3O3S. The standard InChI is InChI=1S/C14H29N3O3S/c1-4-5-6-7-13(2)15-14(18)12-16-8-10-17(11-9-16)21(3,19)20/h13H,4-12H2,1-3H3,(H,15,18). The molecule has 0 radical (unpaired) electrons. The van der Waals surface area contributed by atoms with Crippen LogP contribution in [0.15, 0.2) is 0 Å². The minimum Gasteiger partial charge on any atom is -0.353 e. The van der Waals surface area contributed by atoms with Crippen LogP contribution in [-0.2, 0) is 14.8 Å². The summed E-state index contributed by atoms with van der Waals surface area (Å²) in [7, 11) is -3.10. The maximum absolute atomic E-state index is 11.9. The molecule has 1 unspecified atom stereocenters. The second-order valence-corrected chi connectivity index (χ2v) is 7.88. The maximum Gasteiger partial charge on any atom is 0.234 e. The average Bonchev–Trinajstić information content (AvgIpc) is 2.38. The maximum atomic E-state index is 11.9. The predicted molar refractivity (Wildman–Crippen MR) is 84.6 cm³/mol. The van der Waals surface area contributed by atoms with Crippen molar-refractivity contribution in [3.05, 3.63) is 0 Å². The first-order valence-electron chi connectivity index (χ1n) is 7.79. The molecule has 0 aliphatic carbocycles. The highest BCUT2D eigenvalue weighted by atomic mass is 32.2. The van der Waals surface area contributed by atoms with Gasteiger partial charge in [0.05, 0.1) is 12.8 Å². The summed E-state index contributed by atoms with van der Waals surface area (Å²) >= 11 is 0. The molecule has 1 N–H and O–H groups in total. The number of sulfonamides is 1. The van der Waals surface area contributed by atoms with Crippen molar-refractivity contribution >= 4 is 15.9 Å². The molecule has 1 rings (SSSR count). The van der Waals surface area contributed by atoms with Crippen LogP contribution in [-0.4, -0.2) is 68.6 Å². The number of hydrogen-bond donors (Lipinski definition) is 1. The Bertz CT molecular complexity index is 417. The van der Waals surface area contributed by atoms with Crippen molar-refractivity contribution in [3.63, 3.8) is 0 Å². The molecule has 1 fully saturated rings. The first kappa shape index (κ1) is 18.4. The van der Waals surface area contributed by atoms with Crippen LogP contribution < -0.4 is 5.32 Å². The molecule has 0 aromatic heterocycles. The number of carbonyl (C=O) groups excluding carboxylic acids is 1. The molecule has 6 nitrogen and oxygen atoms in total. The lowest BCUT2D eigenvalue weighted by Crippen LogP contribution is -2.51. The first-order valence-corrected chi connectivity index (χ1v) is 9.64. The third-order valence-corrected chi connectivity index (χ3v) is 5.12. The van der Waals surface area contributed by atoms with Crippen LogP contribution in [0.4, 0.5) is 0 Å². The van der Waals surface area contributed by atoms with Crippen molar-refractivity contribution in [1.82, 2.24) is 14.5 Å². The molecule has 0 aromatic rings. The average molecular weight is 319 g/mol. The Hall–Kier alpha value is -0.660. The summed E-state index contributed by atoms with van der Waals surface area (Å²) in [5, 5.41) is 3.02. The fourth-order valence-corrected chi connectivity index (χ4v) is 3.34. The Morgan fingerprint density at radius 1 is 1.19 bits per heavy atom. The van der Waals surface area contributed by atoms with E-state index in [1.165, 1.54) is 23.4 Å². The molecule has 21 heavy (non-hydrogen) atoms. The lowest BCUT2D eigenvalue weighted by Gasteiger charge is -2.32. The molecule has 1 saturated heterocycles. The van der Waals surface area contributed by atoms with E-state index < -0.39 is 10.0 Å². The highest BCUT2D eigenvalue weighted by molar-refractivity contribution is 7.88. The van der Waals surface area contributed by atoms with Gasteiger partial charge in [-0.1, -0.05) is 26.2 Å². The van der Waals surface area contributed by atoms with Crippen LogP contribution in [0.25, 0.3) is 0 Å². The monoisotopic (exact) mass is 319 g/mol. The van der Waals surface area contributed by atoms with Gasteiger partial charge < -0.3 is 5.32 Å². The number of rotatable bonds is 8. The third kappa shape index (κ3) is 7.24. The van der Waals surface area contributed by atoms with E-state index in [1.54, 1.807) is 0 Å². The Morgan fingerprint density at radius 3 is 2.33 bits per heavy atom. The summed E-state index contributed by atoms with van der Waals surface area (Å²) in [6, 6.07) is 0.210. The molecule has 0 aromatic carbocycles. The van der Waals surface area contributed by atoms with Gasteiger partial charge in [-0.15, -0.1) is 0 Å². The van der Waals surface area contributed by atoms with Gasteiger partial charge in [-0.25, -0.2) is 8.42 Å². The zero-order valence-electron chi connectivity index (χ0n) is 13.5. The van der Waals surface area contributed by atoms with Crippen LogP contribution in [0.5, 0.6) is 0 Å². The molecule has 7 heteroatoms. The number of hydrogen-bond acceptors (Lipinski definition) is 4. The quantitative estimate of drug-likeness (QED) is 0.667. The lowest BCUT2D eigenvalue weighted by molar-refractivity contribution is -0.123. The molecule has 1 heterocycles. The van der Waals surface area contributed by atoms with E-state index in [-0.39, 0.29) is 11.9 Å². The summed E-state index contributed by atoms with van der Waals surface area (Å²) < 4.78 is 24.3. The fraction of sp³-hybridized carbons (Fsp3) is 0.929. The van der Waals surface area contributed by atoms with Crippen LogP contribution >= 0.6 is 0 Å². The number of piperazine rings is 1. The van der Waals surface area contributed by atoms with Crippen molar-refractivity contribution in [2.24, 2.45) is 0 Å². The zero-order valence-corrected chi connectivity index (χ0v) is 14.3. The van der Waals surface area contributed by atoms with E-state index in [9.17, 15) is 13.2 Å². The van der Waals surface area contributed by atoms with Gasteiger partial charge in [0.15, 0.2) is 0 Å². The molecule has 0 saturated carbocycles. The van der Waals surface area contributed by atoms with E-state index in [4.69, 9.17) is 0 Å². The van der Waals surface area contributed by atoms with Crippen LogP contribution in [0.2, 0.25) is 0 Å². The lowest BCUT2D eigenvalue weighted by atomic mass is 10.1. The van der Waals surface area contributed by atoms with Gasteiger partial charge >= 0.3 is 0 Å². The third-order valence-electron chi connectivity index (χ3n) is 3.82. The van der Waals surface area contributed by atoms with Gasteiger partial charge in [0, 0.05) is 32.2 Å². The largest absolute Gasteiger partial charge is 0.353 e. The molecule has 1 amide bonds. The van der Waals surface area contributed by atoms with E-state index in [1.807, 2.05) is 11.8 Å². The number of nitrogens with zero attached hydrogens (tertiary/aromatic N) is 2. The number of nitrogens with one attached hydrogen (secondary N) is 1. The molecular weight excluding hydrogens is 290 g/mol. The minimum absolute atomic E-state index is 0.0341. The second kappa shape index (κ2) is 8.70. The van der Waals surface area contributed by atoms with Crippen LogP contribution in [0.1, 0.15) is 39.5 Å². The molecule has 1 aliphatic rings. The van der Waals surface area contributed by atoms with E-state index in [2.05, 4.69) is 12.2 Å². The Kier molecular flexibility index (Phi) is 7.62. The molecule has 1 aliphatic heterocycles. The molecule has 0 bridgehead atoms. The van der Waals surface area contributed by atoms with Crippen molar-refractivity contribution in [1.29, 1.82) is 0 Å². The van der Waals surface area contributed by atoms with Crippen LogP contribution in [0.3, 0.4) is 0 Å². The highest BCUT2D eigenvalue weighted by Crippen LogP contribution is 2.06. The highest BCUT2D eigenvalue weighted by Gasteiger charge is 2.24. The summed E-state index contributed by atoms with van der Waals surface area (Å²) in [6.07, 6.45) is 5.78. The van der Waals surface area contributed by atoms with Gasteiger partial charge in [-0.05, 0) is 13.3 Å². The van der Waals surface area contributed by atoms with Crippen molar-refractivity contribution in [3.8, 4) is 0 Å². The SMILES string of the molecule is CCCCCC(C)NC(=O)CN1CCN(S(C)(=O)=O)CC1. The van der Waals surface area contributed by atoms with Crippen molar-refractivity contribution in [2.75, 3.05) is 39.0 Å². The van der Waals surface area contributed by atoms with Gasteiger partial charge in [-0.2, -0.15) is 4.31 Å². The van der Waals surface area contributed by atoms with E-state index in [0.29, 0.717) is 32.7 Å². The van der Waals surface area contributed by atoms with Gasteiger partial charge in [0.1, 0.15) is 0 Å². The fourth-order valence-electron chi connectivity index (χ4n) is 2.52. The number of carbonyl (C=O) groups is 1. The van der Waals surface area contributed by atoms with Crippen LogP contribution in [0, 0.1) is 0 Å². The number of amides is 1. The summed E-state index contributed by atoms with van der Waals surface area (Å²) in [6.45, 7) is 6.73.